The molecule has 0 spiro atoms. The van der Waals surface area contributed by atoms with Crippen molar-refractivity contribution in [1.82, 2.24) is 5.32 Å². The standard InChI is InChI=1S/C17H16F3N3O4S/c18-17(19,20)12-2-1-3-14(9-12)28(26,27)23-13-6-4-11(5-7-13)8-16(25)22-10-15(21)24/h1-7,9,23H,8,10H2,(H2,21,24)(H,22,25). The summed E-state index contributed by atoms with van der Waals surface area (Å²) in [6.45, 7) is -0.298. The second-order valence-corrected chi connectivity index (χ2v) is 7.43. The number of nitrogens with one attached hydrogen (secondary N) is 2. The van der Waals surface area contributed by atoms with Crippen molar-refractivity contribution in [2.45, 2.75) is 17.5 Å². The van der Waals surface area contributed by atoms with Gasteiger partial charge in [0, 0.05) is 5.69 Å². The highest BCUT2D eigenvalue weighted by Crippen LogP contribution is 2.30. The normalized spacial score (nSPS) is 11.7. The smallest absolute Gasteiger partial charge is 0.368 e. The number of alkyl halides is 3. The first-order chi connectivity index (χ1) is 13.0. The van der Waals surface area contributed by atoms with Gasteiger partial charge in [-0.2, -0.15) is 13.2 Å². The van der Waals surface area contributed by atoms with Crippen LogP contribution in [0.25, 0.3) is 0 Å². The van der Waals surface area contributed by atoms with Crippen LogP contribution in [-0.2, 0) is 32.2 Å². The molecule has 0 aliphatic carbocycles. The predicted octanol–water partition coefficient (Wildman–Crippen LogP) is 1.65. The first kappa shape index (κ1) is 21.2. The molecule has 2 rings (SSSR count). The fourth-order valence-electron chi connectivity index (χ4n) is 2.18. The average molecular weight is 415 g/mol. The van der Waals surface area contributed by atoms with Crippen molar-refractivity contribution in [2.24, 2.45) is 5.73 Å². The van der Waals surface area contributed by atoms with Crippen LogP contribution in [-0.4, -0.2) is 26.8 Å². The van der Waals surface area contributed by atoms with E-state index < -0.39 is 38.5 Å². The van der Waals surface area contributed by atoms with Gasteiger partial charge in [0.15, 0.2) is 0 Å². The van der Waals surface area contributed by atoms with E-state index in [2.05, 4.69) is 10.0 Å². The first-order valence-corrected chi connectivity index (χ1v) is 9.30. The van der Waals surface area contributed by atoms with Crippen LogP contribution in [0.3, 0.4) is 0 Å². The topological polar surface area (TPSA) is 118 Å². The van der Waals surface area contributed by atoms with Gasteiger partial charge in [-0.3, -0.25) is 14.3 Å². The fraction of sp³-hybridized carbons (Fsp3) is 0.176. The molecular weight excluding hydrogens is 399 g/mol. The third kappa shape index (κ3) is 5.98. The summed E-state index contributed by atoms with van der Waals surface area (Å²) >= 11 is 0. The molecule has 150 valence electrons. The van der Waals surface area contributed by atoms with E-state index in [0.29, 0.717) is 11.6 Å². The number of primary amides is 1. The second-order valence-electron chi connectivity index (χ2n) is 5.75. The van der Waals surface area contributed by atoms with E-state index in [1.807, 2.05) is 0 Å². The number of hydrogen-bond donors (Lipinski definition) is 3. The van der Waals surface area contributed by atoms with Crippen LogP contribution in [0.4, 0.5) is 18.9 Å². The molecule has 0 aliphatic rings. The van der Waals surface area contributed by atoms with Crippen LogP contribution in [0, 0.1) is 0 Å². The third-order valence-electron chi connectivity index (χ3n) is 3.50. The lowest BCUT2D eigenvalue weighted by molar-refractivity contribution is -0.137. The molecular formula is C17H16F3N3O4S. The summed E-state index contributed by atoms with van der Waals surface area (Å²) in [5.74, 6) is -1.14. The Bertz CT molecular complexity index is 974. The molecule has 2 aromatic carbocycles. The van der Waals surface area contributed by atoms with Gasteiger partial charge in [0.05, 0.1) is 23.4 Å². The molecule has 0 aliphatic heterocycles. The molecule has 0 fully saturated rings. The van der Waals surface area contributed by atoms with Crippen molar-refractivity contribution in [2.75, 3.05) is 11.3 Å². The molecule has 0 bridgehead atoms. The number of rotatable bonds is 7. The van der Waals surface area contributed by atoms with Crippen LogP contribution in [0.2, 0.25) is 0 Å². The Balaban J connectivity index is 2.09. The van der Waals surface area contributed by atoms with Crippen LogP contribution < -0.4 is 15.8 Å². The summed E-state index contributed by atoms with van der Waals surface area (Å²) in [4.78, 5) is 21.7. The van der Waals surface area contributed by atoms with Crippen molar-refractivity contribution in [3.8, 4) is 0 Å². The van der Waals surface area contributed by atoms with Crippen molar-refractivity contribution >= 4 is 27.5 Å². The zero-order chi connectivity index (χ0) is 20.9. The fourth-order valence-corrected chi connectivity index (χ4v) is 3.28. The summed E-state index contributed by atoms with van der Waals surface area (Å²) in [7, 11) is -4.23. The van der Waals surface area contributed by atoms with Gasteiger partial charge in [0.2, 0.25) is 11.8 Å². The lowest BCUT2D eigenvalue weighted by atomic mass is 10.1. The highest BCUT2D eigenvalue weighted by molar-refractivity contribution is 7.92. The van der Waals surface area contributed by atoms with Gasteiger partial charge in [-0.25, -0.2) is 8.42 Å². The summed E-state index contributed by atoms with van der Waals surface area (Å²) in [5.41, 5.74) is 4.48. The SMILES string of the molecule is NC(=O)CNC(=O)Cc1ccc(NS(=O)(=O)c2cccc(C(F)(F)F)c2)cc1. The highest BCUT2D eigenvalue weighted by Gasteiger charge is 2.31. The quantitative estimate of drug-likeness (QED) is 0.637. The van der Waals surface area contributed by atoms with E-state index in [1.54, 1.807) is 0 Å². The second kappa shape index (κ2) is 8.30. The molecule has 11 heteroatoms. The third-order valence-corrected chi connectivity index (χ3v) is 4.88. The van der Waals surface area contributed by atoms with Crippen LogP contribution in [0.5, 0.6) is 0 Å². The van der Waals surface area contributed by atoms with Crippen molar-refractivity contribution < 1.29 is 31.2 Å². The van der Waals surface area contributed by atoms with Crippen molar-refractivity contribution in [1.29, 1.82) is 0 Å². The van der Waals surface area contributed by atoms with E-state index in [4.69, 9.17) is 5.73 Å². The Labute approximate surface area is 158 Å². The molecule has 0 aromatic heterocycles. The first-order valence-electron chi connectivity index (χ1n) is 7.81. The van der Waals surface area contributed by atoms with Gasteiger partial charge in [-0.1, -0.05) is 18.2 Å². The van der Waals surface area contributed by atoms with Gasteiger partial charge < -0.3 is 11.1 Å². The maximum atomic E-state index is 12.8. The number of carbonyl (C=O) groups excluding carboxylic acids is 2. The van der Waals surface area contributed by atoms with Gasteiger partial charge in [0.1, 0.15) is 0 Å². The van der Waals surface area contributed by atoms with Gasteiger partial charge in [-0.05, 0) is 35.9 Å². The lowest BCUT2D eigenvalue weighted by Crippen LogP contribution is -2.34. The molecule has 2 amide bonds. The number of carbonyl (C=O) groups is 2. The molecule has 0 radical (unpaired) electrons. The number of nitrogens with two attached hydrogens (primary N) is 1. The highest BCUT2D eigenvalue weighted by atomic mass is 32.2. The number of hydrogen-bond acceptors (Lipinski definition) is 4. The van der Waals surface area contributed by atoms with Gasteiger partial charge >= 0.3 is 6.18 Å². The zero-order valence-corrected chi connectivity index (χ0v) is 15.1. The molecule has 0 atom stereocenters. The maximum absolute atomic E-state index is 12.8. The number of halogens is 3. The summed E-state index contributed by atoms with van der Waals surface area (Å²) in [6.07, 6.45) is -4.73. The number of amides is 2. The molecule has 4 N–H and O–H groups in total. The Morgan fingerprint density at radius 2 is 1.68 bits per heavy atom. The molecule has 0 saturated heterocycles. The Morgan fingerprint density at radius 1 is 1.04 bits per heavy atom. The largest absolute Gasteiger partial charge is 0.416 e. The summed E-state index contributed by atoms with van der Waals surface area (Å²) in [6, 6.07) is 9.03. The summed E-state index contributed by atoms with van der Waals surface area (Å²) in [5, 5.41) is 2.31. The van der Waals surface area contributed by atoms with Crippen LogP contribution in [0.15, 0.2) is 53.4 Å². The molecule has 0 unspecified atom stereocenters. The van der Waals surface area contributed by atoms with Crippen LogP contribution in [0.1, 0.15) is 11.1 Å². The molecule has 28 heavy (non-hydrogen) atoms. The van der Waals surface area contributed by atoms with E-state index >= 15 is 0 Å². The monoisotopic (exact) mass is 415 g/mol. The van der Waals surface area contributed by atoms with E-state index in [0.717, 1.165) is 18.2 Å². The Morgan fingerprint density at radius 3 is 2.25 bits per heavy atom. The summed E-state index contributed by atoms with van der Waals surface area (Å²) < 4.78 is 65.1. The minimum absolute atomic E-state index is 0.0616. The van der Waals surface area contributed by atoms with Crippen molar-refractivity contribution in [3.05, 3.63) is 59.7 Å². The number of sulfonamides is 1. The number of anilines is 1. The Hall–Kier alpha value is -3.08. The van der Waals surface area contributed by atoms with E-state index in [1.165, 1.54) is 24.3 Å². The van der Waals surface area contributed by atoms with E-state index in [-0.39, 0.29) is 18.7 Å². The molecule has 0 saturated carbocycles. The van der Waals surface area contributed by atoms with Crippen molar-refractivity contribution in [3.63, 3.8) is 0 Å². The van der Waals surface area contributed by atoms with Gasteiger partial charge in [0.25, 0.3) is 10.0 Å². The maximum Gasteiger partial charge on any atom is 0.416 e. The minimum Gasteiger partial charge on any atom is -0.368 e. The lowest BCUT2D eigenvalue weighted by Gasteiger charge is -2.11. The van der Waals surface area contributed by atoms with Gasteiger partial charge in [-0.15, -0.1) is 0 Å². The minimum atomic E-state index is -4.66. The van der Waals surface area contributed by atoms with Crippen LogP contribution >= 0.6 is 0 Å². The molecule has 2 aromatic rings. The molecule has 7 nitrogen and oxygen atoms in total. The predicted molar refractivity (Wildman–Crippen MR) is 94.6 cm³/mol. The zero-order valence-electron chi connectivity index (χ0n) is 14.3. The Kier molecular flexibility index (Phi) is 6.29. The molecule has 0 heterocycles. The number of benzene rings is 2. The van der Waals surface area contributed by atoms with E-state index in [9.17, 15) is 31.2 Å². The average Bonchev–Trinajstić information content (AvgIpc) is 2.61.